The van der Waals surface area contributed by atoms with Gasteiger partial charge in [0.05, 0.1) is 10.1 Å². The molecule has 128 valence electrons. The molecule has 0 spiro atoms. The third kappa shape index (κ3) is 2.66. The summed E-state index contributed by atoms with van der Waals surface area (Å²) in [5, 5.41) is 16.0. The molecular formula is C15H17IN4O4. The van der Waals surface area contributed by atoms with Crippen molar-refractivity contribution in [2.24, 2.45) is 0 Å². The third-order valence-corrected chi connectivity index (χ3v) is 5.33. The first-order valence-corrected chi connectivity index (χ1v) is 8.50. The molecule has 1 aliphatic heterocycles. The maximum atomic E-state index is 12.6. The van der Waals surface area contributed by atoms with E-state index in [1.807, 2.05) is 25.8 Å². The van der Waals surface area contributed by atoms with Gasteiger partial charge >= 0.3 is 0 Å². The van der Waals surface area contributed by atoms with Crippen LogP contribution in [0.1, 0.15) is 35.8 Å². The minimum atomic E-state index is -0.577. The van der Waals surface area contributed by atoms with Gasteiger partial charge in [-0.3, -0.25) is 19.3 Å². The largest absolute Gasteiger partial charge is 0.502 e. The summed E-state index contributed by atoms with van der Waals surface area (Å²) in [4.78, 5) is 26.0. The van der Waals surface area contributed by atoms with Gasteiger partial charge in [-0.1, -0.05) is 5.16 Å². The number of amides is 1. The fraction of sp³-hybridized carbons (Fsp3) is 0.400. The maximum Gasteiger partial charge on any atom is 0.278 e. The van der Waals surface area contributed by atoms with Crippen LogP contribution in [-0.2, 0) is 6.54 Å². The Morgan fingerprint density at radius 1 is 1.42 bits per heavy atom. The number of rotatable bonds is 3. The molecule has 1 aliphatic rings. The molecule has 0 aliphatic carbocycles. The van der Waals surface area contributed by atoms with Crippen LogP contribution in [0.25, 0.3) is 0 Å². The number of nitrogens with zero attached hydrogens (tertiary/aromatic N) is 4. The number of fused-ring (bicyclic) bond motifs is 1. The Labute approximate surface area is 151 Å². The zero-order valence-electron chi connectivity index (χ0n) is 13.5. The van der Waals surface area contributed by atoms with Crippen molar-refractivity contribution in [3.8, 4) is 5.75 Å². The number of aromatic hydroxyl groups is 1. The van der Waals surface area contributed by atoms with Gasteiger partial charge in [-0.25, -0.2) is 0 Å². The van der Waals surface area contributed by atoms with Gasteiger partial charge in [-0.05, 0) is 43.4 Å². The number of pyridine rings is 1. The molecule has 8 nitrogen and oxygen atoms in total. The first-order valence-electron chi connectivity index (χ1n) is 7.42. The molecule has 0 bridgehead atoms. The average molecular weight is 444 g/mol. The molecular weight excluding hydrogens is 427 g/mol. The van der Waals surface area contributed by atoms with Crippen molar-refractivity contribution >= 4 is 28.5 Å². The summed E-state index contributed by atoms with van der Waals surface area (Å²) in [5.74, 6) is -0.186. The Morgan fingerprint density at radius 3 is 2.71 bits per heavy atom. The molecule has 9 heteroatoms. The van der Waals surface area contributed by atoms with Gasteiger partial charge in [0.15, 0.2) is 11.4 Å². The van der Waals surface area contributed by atoms with Crippen molar-refractivity contribution in [1.82, 2.24) is 14.7 Å². The number of carbonyl (C=O) groups is 1. The minimum absolute atomic E-state index is 0.0299. The lowest BCUT2D eigenvalue weighted by Gasteiger charge is -2.41. The molecule has 0 unspecified atom stereocenters. The van der Waals surface area contributed by atoms with Crippen LogP contribution >= 0.6 is 22.6 Å². The van der Waals surface area contributed by atoms with E-state index in [1.165, 1.54) is 16.9 Å². The molecule has 0 aromatic carbocycles. The second kappa shape index (κ2) is 6.11. The molecule has 3 rings (SSSR count). The summed E-state index contributed by atoms with van der Waals surface area (Å²) in [6.07, 6.45) is 1.49. The van der Waals surface area contributed by atoms with Crippen molar-refractivity contribution < 1.29 is 14.4 Å². The number of carbonyl (C=O) groups excluding carboxylic acids is 1. The van der Waals surface area contributed by atoms with Crippen molar-refractivity contribution in [1.29, 1.82) is 0 Å². The Morgan fingerprint density at radius 2 is 2.12 bits per heavy atom. The highest BCUT2D eigenvalue weighted by molar-refractivity contribution is 14.1. The SMILES string of the molecule is Cc1onc(CN2CN(C(C)C)C(=O)c3c(O)c(=O)ccn32)c1I. The predicted molar refractivity (Wildman–Crippen MR) is 94.4 cm³/mol. The second-order valence-electron chi connectivity index (χ2n) is 5.90. The van der Waals surface area contributed by atoms with Crippen LogP contribution in [0.5, 0.6) is 5.75 Å². The smallest absolute Gasteiger partial charge is 0.278 e. The molecule has 0 fully saturated rings. The Balaban J connectivity index is 2.09. The van der Waals surface area contributed by atoms with Crippen LogP contribution < -0.4 is 10.4 Å². The molecule has 2 aromatic heterocycles. The number of hydrogen-bond acceptors (Lipinski definition) is 6. The quantitative estimate of drug-likeness (QED) is 0.721. The third-order valence-electron chi connectivity index (χ3n) is 3.95. The monoisotopic (exact) mass is 444 g/mol. The van der Waals surface area contributed by atoms with Gasteiger partial charge < -0.3 is 14.5 Å². The topological polar surface area (TPSA) is 91.8 Å². The van der Waals surface area contributed by atoms with E-state index >= 15 is 0 Å². The Hall–Kier alpha value is -2.04. The van der Waals surface area contributed by atoms with Crippen molar-refractivity contribution in [3.05, 3.63) is 43.2 Å². The van der Waals surface area contributed by atoms with E-state index in [-0.39, 0.29) is 17.6 Å². The fourth-order valence-electron chi connectivity index (χ4n) is 2.60. The highest BCUT2D eigenvalue weighted by atomic mass is 127. The highest BCUT2D eigenvalue weighted by Gasteiger charge is 2.34. The summed E-state index contributed by atoms with van der Waals surface area (Å²) < 4.78 is 7.61. The van der Waals surface area contributed by atoms with Crippen LogP contribution in [0.3, 0.4) is 0 Å². The summed E-state index contributed by atoms with van der Waals surface area (Å²) >= 11 is 2.16. The first-order chi connectivity index (χ1) is 11.3. The number of aryl methyl sites for hydroxylation is 1. The van der Waals surface area contributed by atoms with Crippen LogP contribution in [0, 0.1) is 10.5 Å². The number of halogens is 1. The van der Waals surface area contributed by atoms with Gasteiger partial charge in [0, 0.05) is 18.3 Å². The molecule has 0 atom stereocenters. The molecule has 0 saturated carbocycles. The van der Waals surface area contributed by atoms with E-state index in [9.17, 15) is 14.7 Å². The zero-order chi connectivity index (χ0) is 17.6. The highest BCUT2D eigenvalue weighted by Crippen LogP contribution is 2.24. The van der Waals surface area contributed by atoms with E-state index in [4.69, 9.17) is 4.52 Å². The normalized spacial score (nSPS) is 14.5. The summed E-state index contributed by atoms with van der Waals surface area (Å²) in [6, 6.07) is 1.16. The van der Waals surface area contributed by atoms with Gasteiger partial charge in [-0.15, -0.1) is 0 Å². The first kappa shape index (κ1) is 16.8. The van der Waals surface area contributed by atoms with Gasteiger partial charge in [-0.2, -0.15) is 0 Å². The van der Waals surface area contributed by atoms with Gasteiger partial charge in [0.25, 0.3) is 5.91 Å². The fourth-order valence-corrected chi connectivity index (χ4v) is 2.97. The van der Waals surface area contributed by atoms with E-state index < -0.39 is 11.2 Å². The maximum absolute atomic E-state index is 12.6. The van der Waals surface area contributed by atoms with E-state index in [2.05, 4.69) is 27.7 Å². The van der Waals surface area contributed by atoms with Crippen LogP contribution in [0.2, 0.25) is 0 Å². The molecule has 1 N–H and O–H groups in total. The van der Waals surface area contributed by atoms with E-state index in [1.54, 1.807) is 4.90 Å². The van der Waals surface area contributed by atoms with Crippen molar-refractivity contribution in [2.45, 2.75) is 33.4 Å². The summed E-state index contributed by atoms with van der Waals surface area (Å²) in [6.45, 7) is 6.28. The predicted octanol–water partition coefficient (Wildman–Crippen LogP) is 1.41. The van der Waals surface area contributed by atoms with Crippen LogP contribution in [0.4, 0.5) is 0 Å². The van der Waals surface area contributed by atoms with E-state index in [0.29, 0.717) is 13.2 Å². The van der Waals surface area contributed by atoms with Crippen LogP contribution in [0.15, 0.2) is 21.6 Å². The summed E-state index contributed by atoms with van der Waals surface area (Å²) in [7, 11) is 0. The molecule has 2 aromatic rings. The molecule has 1 amide bonds. The number of aromatic nitrogens is 2. The molecule has 24 heavy (non-hydrogen) atoms. The second-order valence-corrected chi connectivity index (χ2v) is 6.97. The lowest BCUT2D eigenvalue weighted by atomic mass is 10.2. The van der Waals surface area contributed by atoms with Crippen LogP contribution in [-0.4, -0.2) is 38.5 Å². The molecule has 3 heterocycles. The van der Waals surface area contributed by atoms with Crippen molar-refractivity contribution in [2.75, 3.05) is 11.7 Å². The average Bonchev–Trinajstić information content (AvgIpc) is 2.84. The van der Waals surface area contributed by atoms with Gasteiger partial charge in [0.2, 0.25) is 5.43 Å². The standard InChI is InChI=1S/C15H17IN4O4/c1-8(2)19-7-18(6-10-12(16)9(3)24-17-10)20-5-4-11(21)14(22)13(20)15(19)23/h4-5,8,22H,6-7H2,1-3H3. The molecule has 0 saturated heterocycles. The lowest BCUT2D eigenvalue weighted by molar-refractivity contribution is 0.0627. The van der Waals surface area contributed by atoms with Crippen molar-refractivity contribution in [3.63, 3.8) is 0 Å². The zero-order valence-corrected chi connectivity index (χ0v) is 15.6. The lowest BCUT2D eigenvalue weighted by Crippen LogP contribution is -2.55. The number of hydrogen-bond donors (Lipinski definition) is 1. The Kier molecular flexibility index (Phi) is 4.28. The summed E-state index contributed by atoms with van der Waals surface area (Å²) in [5.41, 5.74) is 0.125. The Bertz CT molecular complexity index is 858. The van der Waals surface area contributed by atoms with Gasteiger partial charge in [0.1, 0.15) is 18.1 Å². The minimum Gasteiger partial charge on any atom is -0.502 e. The molecule has 0 radical (unpaired) electrons. The van der Waals surface area contributed by atoms with E-state index in [0.717, 1.165) is 15.0 Å².